The number of rotatable bonds is 0. The summed E-state index contributed by atoms with van der Waals surface area (Å²) in [6, 6.07) is 0.536. The highest BCUT2D eigenvalue weighted by atomic mass is 32.1. The molecule has 1 saturated carbocycles. The molecule has 58 valence electrons. The van der Waals surface area contributed by atoms with Crippen LogP contribution in [0.15, 0.2) is 0 Å². The molecule has 1 rings (SSSR count). The summed E-state index contributed by atoms with van der Waals surface area (Å²) in [7, 11) is 0. The minimum Gasteiger partial charge on any atom is -0.696 e. The van der Waals surface area contributed by atoms with Gasteiger partial charge in [0, 0.05) is 6.04 Å². The molecule has 0 unspecified atom stereocenters. The molecule has 1 fully saturated rings. The van der Waals surface area contributed by atoms with Crippen molar-refractivity contribution in [2.45, 2.75) is 38.1 Å². The maximum Gasteiger partial charge on any atom is 0.00388 e. The first-order valence-corrected chi connectivity index (χ1v) is 3.99. The molecule has 1 aliphatic rings. The van der Waals surface area contributed by atoms with Gasteiger partial charge in [-0.05, 0) is 12.8 Å². The van der Waals surface area contributed by atoms with Gasteiger partial charge >= 0.3 is 0 Å². The van der Waals surface area contributed by atoms with Gasteiger partial charge in [-0.1, -0.05) is 24.7 Å². The SMILES string of the molecule is N#C[S-].NC1CCCCC1. The maximum absolute atomic E-state index is 7.13. The molecule has 2 nitrogen and oxygen atoms in total. The molecule has 0 amide bonds. The largest absolute Gasteiger partial charge is 0.696 e. The minimum atomic E-state index is 0.536. The summed E-state index contributed by atoms with van der Waals surface area (Å²) < 4.78 is 0. The van der Waals surface area contributed by atoms with Crippen LogP contribution in [0.2, 0.25) is 0 Å². The maximum atomic E-state index is 7.13. The summed E-state index contributed by atoms with van der Waals surface area (Å²) in [6.45, 7) is 0. The van der Waals surface area contributed by atoms with E-state index in [2.05, 4.69) is 12.6 Å². The Morgan fingerprint density at radius 2 is 1.70 bits per heavy atom. The van der Waals surface area contributed by atoms with Gasteiger partial charge < -0.3 is 18.4 Å². The van der Waals surface area contributed by atoms with E-state index < -0.39 is 0 Å². The molecule has 0 atom stereocenters. The van der Waals surface area contributed by atoms with Crippen LogP contribution in [0, 0.1) is 10.7 Å². The summed E-state index contributed by atoms with van der Waals surface area (Å²) in [4.78, 5) is 0. The first-order chi connectivity index (χ1) is 4.81. The van der Waals surface area contributed by atoms with Gasteiger partial charge in [-0.2, -0.15) is 0 Å². The van der Waals surface area contributed by atoms with Gasteiger partial charge in [-0.25, -0.2) is 5.26 Å². The van der Waals surface area contributed by atoms with Crippen molar-refractivity contribution in [3.05, 3.63) is 0 Å². The second kappa shape index (κ2) is 6.79. The number of nitriles is 1. The lowest BCUT2D eigenvalue weighted by molar-refractivity contribution is 0.441. The Bertz CT molecular complexity index is 103. The zero-order valence-electron chi connectivity index (χ0n) is 6.05. The van der Waals surface area contributed by atoms with Gasteiger partial charge in [0.05, 0.1) is 0 Å². The van der Waals surface area contributed by atoms with E-state index in [9.17, 15) is 0 Å². The van der Waals surface area contributed by atoms with Crippen molar-refractivity contribution >= 4 is 12.6 Å². The highest BCUT2D eigenvalue weighted by Gasteiger charge is 2.06. The Balaban J connectivity index is 0.000000236. The first-order valence-electron chi connectivity index (χ1n) is 3.58. The van der Waals surface area contributed by atoms with E-state index in [4.69, 9.17) is 11.0 Å². The lowest BCUT2D eigenvalue weighted by Crippen LogP contribution is -2.22. The second-order valence-electron chi connectivity index (χ2n) is 2.49. The van der Waals surface area contributed by atoms with Crippen LogP contribution in [0.3, 0.4) is 0 Å². The van der Waals surface area contributed by atoms with Gasteiger partial charge in [-0.15, -0.1) is 0 Å². The molecule has 1 aliphatic carbocycles. The van der Waals surface area contributed by atoms with Crippen LogP contribution < -0.4 is 5.73 Å². The van der Waals surface area contributed by atoms with Crippen LogP contribution in [-0.4, -0.2) is 6.04 Å². The van der Waals surface area contributed by atoms with Gasteiger partial charge in [-0.3, -0.25) is 0 Å². The van der Waals surface area contributed by atoms with Gasteiger partial charge in [0.15, 0.2) is 0 Å². The quantitative estimate of drug-likeness (QED) is 0.426. The van der Waals surface area contributed by atoms with Gasteiger partial charge in [0.2, 0.25) is 0 Å². The average Bonchev–Trinajstić information content (AvgIpc) is 1.91. The predicted octanol–water partition coefficient (Wildman–Crippen LogP) is 1.29. The Labute approximate surface area is 67.8 Å². The van der Waals surface area contributed by atoms with Crippen LogP contribution in [0.4, 0.5) is 0 Å². The van der Waals surface area contributed by atoms with Crippen LogP contribution in [-0.2, 0) is 12.6 Å². The molecule has 2 N–H and O–H groups in total. The molecule has 0 bridgehead atoms. The van der Waals surface area contributed by atoms with Crippen molar-refractivity contribution < 1.29 is 0 Å². The standard InChI is InChI=1S/C6H13N.CHNS/c7-6-4-2-1-3-5-6;2-1-3/h6H,1-5,7H2;3H/p-1. The minimum absolute atomic E-state index is 0.536. The Morgan fingerprint density at radius 1 is 1.30 bits per heavy atom. The predicted molar refractivity (Wildman–Crippen MR) is 44.0 cm³/mol. The molecule has 0 aromatic rings. The summed E-state index contributed by atoms with van der Waals surface area (Å²) in [5.41, 5.74) is 5.63. The van der Waals surface area contributed by atoms with Crippen LogP contribution in [0.25, 0.3) is 0 Å². The smallest absolute Gasteiger partial charge is 0.00388 e. The Hall–Kier alpha value is -0.330. The van der Waals surface area contributed by atoms with Crippen LogP contribution in [0.1, 0.15) is 32.1 Å². The molecule has 3 heteroatoms. The fraction of sp³-hybridized carbons (Fsp3) is 0.857. The second-order valence-corrected chi connectivity index (χ2v) is 2.67. The first kappa shape index (κ1) is 9.67. The molecular formula is C7H13N2S-. The number of thiocyanates is 1. The number of nitrogens with two attached hydrogens (primary N) is 1. The number of hydrogen-bond donors (Lipinski definition) is 1. The van der Waals surface area contributed by atoms with E-state index in [1.807, 2.05) is 0 Å². The van der Waals surface area contributed by atoms with Crippen molar-refractivity contribution in [3.63, 3.8) is 0 Å². The highest BCUT2D eigenvalue weighted by molar-refractivity contribution is 7.64. The topological polar surface area (TPSA) is 49.8 Å². The summed E-state index contributed by atoms with van der Waals surface area (Å²) in [5.74, 6) is 0. The lowest BCUT2D eigenvalue weighted by atomic mass is 9.97. The molecule has 10 heavy (non-hydrogen) atoms. The average molecular weight is 157 g/mol. The summed E-state index contributed by atoms with van der Waals surface area (Å²) in [5, 5.41) is 8.47. The summed E-state index contributed by atoms with van der Waals surface area (Å²) >= 11 is 3.70. The van der Waals surface area contributed by atoms with Crippen molar-refractivity contribution in [1.29, 1.82) is 5.26 Å². The van der Waals surface area contributed by atoms with E-state index >= 15 is 0 Å². The van der Waals surface area contributed by atoms with Crippen molar-refractivity contribution in [2.24, 2.45) is 5.73 Å². The van der Waals surface area contributed by atoms with Crippen molar-refractivity contribution in [1.82, 2.24) is 0 Å². The monoisotopic (exact) mass is 157 g/mol. The lowest BCUT2D eigenvalue weighted by Gasteiger charge is -2.15. The van der Waals surface area contributed by atoms with E-state index in [-0.39, 0.29) is 0 Å². The zero-order valence-corrected chi connectivity index (χ0v) is 6.86. The highest BCUT2D eigenvalue weighted by Crippen LogP contribution is 2.14. The van der Waals surface area contributed by atoms with E-state index in [0.29, 0.717) is 6.04 Å². The molecule has 0 aromatic carbocycles. The molecule has 0 aromatic heterocycles. The Kier molecular flexibility index (Phi) is 6.56. The van der Waals surface area contributed by atoms with E-state index in [0.717, 1.165) is 0 Å². The fourth-order valence-electron chi connectivity index (χ4n) is 1.13. The fourth-order valence-corrected chi connectivity index (χ4v) is 1.13. The molecule has 0 aliphatic heterocycles. The van der Waals surface area contributed by atoms with Crippen LogP contribution >= 0.6 is 0 Å². The van der Waals surface area contributed by atoms with E-state index in [1.54, 1.807) is 0 Å². The van der Waals surface area contributed by atoms with Crippen molar-refractivity contribution in [2.75, 3.05) is 0 Å². The third-order valence-electron chi connectivity index (χ3n) is 1.65. The van der Waals surface area contributed by atoms with Gasteiger partial charge in [0.25, 0.3) is 0 Å². The van der Waals surface area contributed by atoms with Gasteiger partial charge in [0.1, 0.15) is 0 Å². The Morgan fingerprint density at radius 3 is 1.90 bits per heavy atom. The molecule has 0 radical (unpaired) electrons. The third kappa shape index (κ3) is 5.80. The van der Waals surface area contributed by atoms with E-state index in [1.165, 1.54) is 37.5 Å². The molecule has 0 heterocycles. The molecule has 0 spiro atoms. The zero-order chi connectivity index (χ0) is 7.82. The molecular weight excluding hydrogens is 144 g/mol. The normalized spacial score (nSPS) is 18.4. The number of nitrogens with zero attached hydrogens (tertiary/aromatic N) is 1. The van der Waals surface area contributed by atoms with Crippen molar-refractivity contribution in [3.8, 4) is 5.40 Å². The third-order valence-corrected chi connectivity index (χ3v) is 1.65. The summed E-state index contributed by atoms with van der Waals surface area (Å²) in [6.07, 6.45) is 6.66. The number of hydrogen-bond acceptors (Lipinski definition) is 3. The van der Waals surface area contributed by atoms with Crippen LogP contribution in [0.5, 0.6) is 0 Å². The molecule has 0 saturated heterocycles.